The van der Waals surface area contributed by atoms with Crippen LogP contribution < -0.4 is 5.32 Å². The van der Waals surface area contributed by atoms with E-state index in [9.17, 15) is 9.90 Å². The lowest BCUT2D eigenvalue weighted by atomic mass is 9.80. The van der Waals surface area contributed by atoms with Gasteiger partial charge in [-0.1, -0.05) is 48.5 Å². The Morgan fingerprint density at radius 3 is 2.00 bits per heavy atom. The lowest BCUT2D eigenvalue weighted by molar-refractivity contribution is -0.123. The molecular weight excluding hydrogens is 214 g/mol. The van der Waals surface area contributed by atoms with Gasteiger partial charge in [-0.3, -0.25) is 4.79 Å². The van der Waals surface area contributed by atoms with Gasteiger partial charge < -0.3 is 10.4 Å². The maximum absolute atomic E-state index is 11.7. The maximum atomic E-state index is 11.7. The molecule has 17 heavy (non-hydrogen) atoms. The molecule has 0 saturated heterocycles. The second-order valence-electron chi connectivity index (χ2n) is 7.19. The highest BCUT2D eigenvalue weighted by Gasteiger charge is 2.30. The minimum atomic E-state index is -0.405. The molecule has 0 bridgehead atoms. The minimum absolute atomic E-state index is 0.00485. The maximum Gasteiger partial charge on any atom is 0.220 e. The first kappa shape index (κ1) is 16.4. The van der Waals surface area contributed by atoms with E-state index in [0.717, 1.165) is 0 Å². The summed E-state index contributed by atoms with van der Waals surface area (Å²) >= 11 is 0. The van der Waals surface area contributed by atoms with Crippen LogP contribution in [0.1, 0.15) is 54.9 Å². The Morgan fingerprint density at radius 1 is 1.18 bits per heavy atom. The Labute approximate surface area is 106 Å². The minimum Gasteiger partial charge on any atom is -0.392 e. The number of carbonyl (C=O) groups excluding carboxylic acids is 1. The Kier molecular flexibility index (Phi) is 5.66. The summed E-state index contributed by atoms with van der Waals surface area (Å²) in [6.07, 6.45) is 0.110. The molecule has 0 saturated carbocycles. The average Bonchev–Trinajstić information content (AvgIpc) is 2.11. The van der Waals surface area contributed by atoms with Crippen molar-refractivity contribution in [2.45, 2.75) is 61.0 Å². The number of carbonyl (C=O) groups is 1. The first-order valence-electron chi connectivity index (χ1n) is 6.40. The number of hydrogen-bond acceptors (Lipinski definition) is 2. The zero-order valence-corrected chi connectivity index (χ0v) is 12.4. The number of rotatable bonds is 5. The van der Waals surface area contributed by atoms with Crippen molar-refractivity contribution in [3.63, 3.8) is 0 Å². The van der Waals surface area contributed by atoms with Crippen LogP contribution in [0, 0.1) is 16.7 Å². The van der Waals surface area contributed by atoms with Crippen molar-refractivity contribution in [1.82, 2.24) is 5.32 Å². The standard InChI is InChI=1S/C14H29NO2/c1-10(2)12(17)14(6,7)9-15-11(16)8-13(3,4)5/h10,12,17H,8-9H2,1-7H3,(H,15,16). The number of aliphatic hydroxyl groups is 1. The van der Waals surface area contributed by atoms with Crippen molar-refractivity contribution in [3.8, 4) is 0 Å². The predicted molar refractivity (Wildman–Crippen MR) is 71.7 cm³/mol. The van der Waals surface area contributed by atoms with Gasteiger partial charge in [0.15, 0.2) is 0 Å². The van der Waals surface area contributed by atoms with E-state index in [1.165, 1.54) is 0 Å². The SMILES string of the molecule is CC(C)C(O)C(C)(C)CNC(=O)CC(C)(C)C. The number of nitrogens with one attached hydrogen (secondary N) is 1. The van der Waals surface area contributed by atoms with Gasteiger partial charge in [-0.25, -0.2) is 0 Å². The zero-order chi connectivity index (χ0) is 13.9. The van der Waals surface area contributed by atoms with E-state index in [1.54, 1.807) is 0 Å². The summed E-state index contributed by atoms with van der Waals surface area (Å²) in [4.78, 5) is 11.7. The summed E-state index contributed by atoms with van der Waals surface area (Å²) in [5, 5.41) is 13.0. The number of amides is 1. The van der Waals surface area contributed by atoms with Crippen molar-refractivity contribution in [3.05, 3.63) is 0 Å². The van der Waals surface area contributed by atoms with Crippen LogP contribution in [0.4, 0.5) is 0 Å². The third-order valence-corrected chi connectivity index (χ3v) is 2.86. The van der Waals surface area contributed by atoms with E-state index in [2.05, 4.69) is 5.32 Å². The summed E-state index contributed by atoms with van der Waals surface area (Å²) in [5.74, 6) is 0.256. The van der Waals surface area contributed by atoms with Gasteiger partial charge >= 0.3 is 0 Å². The molecule has 0 fully saturated rings. The van der Waals surface area contributed by atoms with Gasteiger partial charge in [-0.15, -0.1) is 0 Å². The fourth-order valence-electron chi connectivity index (χ4n) is 1.88. The highest BCUT2D eigenvalue weighted by Crippen LogP contribution is 2.25. The molecule has 2 N–H and O–H groups in total. The van der Waals surface area contributed by atoms with Crippen molar-refractivity contribution >= 4 is 5.91 Å². The Balaban J connectivity index is 4.23. The zero-order valence-electron chi connectivity index (χ0n) is 12.4. The average molecular weight is 243 g/mol. The van der Waals surface area contributed by atoms with Crippen LogP contribution in [0.15, 0.2) is 0 Å². The van der Waals surface area contributed by atoms with Gasteiger partial charge in [0.05, 0.1) is 6.10 Å². The Hall–Kier alpha value is -0.570. The number of hydrogen-bond donors (Lipinski definition) is 2. The third-order valence-electron chi connectivity index (χ3n) is 2.86. The highest BCUT2D eigenvalue weighted by molar-refractivity contribution is 5.76. The summed E-state index contributed by atoms with van der Waals surface area (Å²) in [5.41, 5.74) is -0.285. The summed E-state index contributed by atoms with van der Waals surface area (Å²) in [6.45, 7) is 14.6. The third kappa shape index (κ3) is 6.67. The predicted octanol–water partition coefficient (Wildman–Crippen LogP) is 2.58. The lowest BCUT2D eigenvalue weighted by Crippen LogP contribution is -2.44. The second kappa shape index (κ2) is 5.85. The molecule has 0 radical (unpaired) electrons. The molecular formula is C14H29NO2. The lowest BCUT2D eigenvalue weighted by Gasteiger charge is -2.33. The molecule has 0 rings (SSSR count). The summed E-state index contributed by atoms with van der Waals surface area (Å²) in [6, 6.07) is 0. The monoisotopic (exact) mass is 243 g/mol. The van der Waals surface area contributed by atoms with Crippen LogP contribution in [-0.4, -0.2) is 23.7 Å². The van der Waals surface area contributed by atoms with Crippen LogP contribution in [0.5, 0.6) is 0 Å². The normalized spacial score (nSPS) is 14.9. The van der Waals surface area contributed by atoms with Gasteiger partial charge in [0.2, 0.25) is 5.91 Å². The largest absolute Gasteiger partial charge is 0.392 e. The first-order chi connectivity index (χ1) is 7.46. The molecule has 0 aromatic carbocycles. The highest BCUT2D eigenvalue weighted by atomic mass is 16.3. The molecule has 3 heteroatoms. The van der Waals surface area contributed by atoms with Gasteiger partial charge in [-0.2, -0.15) is 0 Å². The second-order valence-corrected chi connectivity index (χ2v) is 7.19. The van der Waals surface area contributed by atoms with Crippen LogP contribution >= 0.6 is 0 Å². The molecule has 0 aliphatic rings. The van der Waals surface area contributed by atoms with Crippen molar-refractivity contribution < 1.29 is 9.90 Å². The van der Waals surface area contributed by atoms with E-state index in [0.29, 0.717) is 13.0 Å². The van der Waals surface area contributed by atoms with Crippen LogP contribution in [-0.2, 0) is 4.79 Å². The van der Waals surface area contributed by atoms with Crippen LogP contribution in [0.3, 0.4) is 0 Å². The molecule has 0 aromatic rings. The molecule has 3 nitrogen and oxygen atoms in total. The topological polar surface area (TPSA) is 49.3 Å². The van der Waals surface area contributed by atoms with E-state index < -0.39 is 6.10 Å². The first-order valence-corrected chi connectivity index (χ1v) is 6.40. The van der Waals surface area contributed by atoms with E-state index >= 15 is 0 Å². The fraction of sp³-hybridized carbons (Fsp3) is 0.929. The summed E-state index contributed by atoms with van der Waals surface area (Å²) < 4.78 is 0. The molecule has 0 aliphatic carbocycles. The van der Waals surface area contributed by atoms with E-state index in [-0.39, 0.29) is 22.7 Å². The molecule has 1 unspecified atom stereocenters. The van der Waals surface area contributed by atoms with Crippen molar-refractivity contribution in [1.29, 1.82) is 0 Å². The van der Waals surface area contributed by atoms with Gasteiger partial charge in [0, 0.05) is 18.4 Å². The van der Waals surface area contributed by atoms with Crippen LogP contribution in [0.25, 0.3) is 0 Å². The quantitative estimate of drug-likeness (QED) is 0.779. The smallest absolute Gasteiger partial charge is 0.220 e. The van der Waals surface area contributed by atoms with Crippen molar-refractivity contribution in [2.24, 2.45) is 16.7 Å². The van der Waals surface area contributed by atoms with E-state index in [1.807, 2.05) is 48.5 Å². The molecule has 102 valence electrons. The fourth-order valence-corrected chi connectivity index (χ4v) is 1.88. The molecule has 0 aromatic heterocycles. The molecule has 0 spiro atoms. The molecule has 1 amide bonds. The van der Waals surface area contributed by atoms with Gasteiger partial charge in [0.25, 0.3) is 0 Å². The summed E-state index contributed by atoms with van der Waals surface area (Å²) in [7, 11) is 0. The molecule has 0 heterocycles. The Bertz CT molecular complexity index is 251. The Morgan fingerprint density at radius 2 is 1.65 bits per heavy atom. The van der Waals surface area contributed by atoms with E-state index in [4.69, 9.17) is 0 Å². The molecule has 0 aliphatic heterocycles. The molecule has 1 atom stereocenters. The van der Waals surface area contributed by atoms with Gasteiger partial charge in [0.1, 0.15) is 0 Å². The van der Waals surface area contributed by atoms with Gasteiger partial charge in [-0.05, 0) is 11.3 Å². The van der Waals surface area contributed by atoms with Crippen LogP contribution in [0.2, 0.25) is 0 Å². The number of aliphatic hydroxyl groups excluding tert-OH is 1. The van der Waals surface area contributed by atoms with Crippen molar-refractivity contribution in [2.75, 3.05) is 6.54 Å².